The van der Waals surface area contributed by atoms with Gasteiger partial charge in [-0.2, -0.15) is 0 Å². The Morgan fingerprint density at radius 1 is 1.16 bits per heavy atom. The highest BCUT2D eigenvalue weighted by Gasteiger charge is 2.33. The van der Waals surface area contributed by atoms with Gasteiger partial charge >= 0.3 is 6.36 Å². The van der Waals surface area contributed by atoms with Gasteiger partial charge in [-0.1, -0.05) is 18.2 Å². The number of ether oxygens (including phenoxy) is 2. The summed E-state index contributed by atoms with van der Waals surface area (Å²) in [6, 6.07) is 9.30. The molecule has 1 aliphatic carbocycles. The van der Waals surface area contributed by atoms with Gasteiger partial charge in [0, 0.05) is 30.8 Å². The van der Waals surface area contributed by atoms with Crippen molar-refractivity contribution in [3.8, 4) is 11.5 Å². The second kappa shape index (κ2) is 8.75. The maximum atomic E-state index is 12.9. The minimum absolute atomic E-state index is 0.0497. The molecule has 1 aliphatic rings. The number of carbonyl (C=O) groups is 1. The van der Waals surface area contributed by atoms with Crippen molar-refractivity contribution in [3.63, 3.8) is 0 Å². The van der Waals surface area contributed by atoms with E-state index in [9.17, 15) is 26.4 Å². The maximum absolute atomic E-state index is 12.9. The van der Waals surface area contributed by atoms with Gasteiger partial charge in [0.2, 0.25) is 10.0 Å². The fourth-order valence-electron chi connectivity index (χ4n) is 2.91. The number of para-hydroxylation sites is 1. The number of benzene rings is 2. The van der Waals surface area contributed by atoms with Crippen LogP contribution in [0, 0.1) is 0 Å². The number of methoxy groups -OCH3 is 1. The van der Waals surface area contributed by atoms with Crippen molar-refractivity contribution in [1.82, 2.24) is 9.62 Å². The number of nitrogens with zero attached hydrogens (tertiary/aromatic N) is 1. The molecule has 7 nitrogen and oxygen atoms in total. The van der Waals surface area contributed by atoms with Gasteiger partial charge in [-0.25, -0.2) is 13.1 Å². The first-order valence-corrected chi connectivity index (χ1v) is 10.8. The SMILES string of the molecule is COc1ccc(C(=O)N(C)Cc2ccccc2OC(F)(F)F)cc1S(=O)(=O)NC1CC1. The van der Waals surface area contributed by atoms with E-state index in [4.69, 9.17) is 4.74 Å². The summed E-state index contributed by atoms with van der Waals surface area (Å²) in [6.07, 6.45) is -3.39. The van der Waals surface area contributed by atoms with Gasteiger partial charge in [0.1, 0.15) is 16.4 Å². The van der Waals surface area contributed by atoms with E-state index in [1.54, 1.807) is 0 Å². The van der Waals surface area contributed by atoms with E-state index in [0.717, 1.165) is 18.9 Å². The zero-order valence-electron chi connectivity index (χ0n) is 16.8. The summed E-state index contributed by atoms with van der Waals surface area (Å²) in [7, 11) is -1.19. The number of nitrogens with one attached hydrogen (secondary N) is 1. The van der Waals surface area contributed by atoms with Crippen LogP contribution in [0.1, 0.15) is 28.8 Å². The number of rotatable bonds is 8. The number of amides is 1. The molecule has 0 unspecified atom stereocenters. The molecule has 31 heavy (non-hydrogen) atoms. The molecule has 0 spiro atoms. The molecule has 0 bridgehead atoms. The van der Waals surface area contributed by atoms with Crippen LogP contribution in [-0.4, -0.2) is 45.8 Å². The highest BCUT2D eigenvalue weighted by molar-refractivity contribution is 7.89. The van der Waals surface area contributed by atoms with E-state index in [1.165, 1.54) is 55.5 Å². The zero-order chi connectivity index (χ0) is 22.8. The van der Waals surface area contributed by atoms with Crippen molar-refractivity contribution < 1.29 is 35.9 Å². The average molecular weight is 458 g/mol. The maximum Gasteiger partial charge on any atom is 0.573 e. The van der Waals surface area contributed by atoms with Gasteiger partial charge in [0.15, 0.2) is 0 Å². The predicted molar refractivity (Wildman–Crippen MR) is 105 cm³/mol. The van der Waals surface area contributed by atoms with Gasteiger partial charge in [-0.05, 0) is 37.1 Å². The van der Waals surface area contributed by atoms with E-state index in [0.29, 0.717) is 0 Å². The normalized spacial score (nSPS) is 14.2. The lowest BCUT2D eigenvalue weighted by Gasteiger charge is -2.20. The van der Waals surface area contributed by atoms with Crippen molar-refractivity contribution in [1.29, 1.82) is 0 Å². The Kier molecular flexibility index (Phi) is 6.46. The topological polar surface area (TPSA) is 84.9 Å². The fraction of sp³-hybridized carbons (Fsp3) is 0.350. The van der Waals surface area contributed by atoms with Crippen LogP contribution in [0.25, 0.3) is 0 Å². The summed E-state index contributed by atoms with van der Waals surface area (Å²) < 4.78 is 74.8. The first-order valence-electron chi connectivity index (χ1n) is 9.29. The largest absolute Gasteiger partial charge is 0.573 e. The van der Waals surface area contributed by atoms with Gasteiger partial charge in [-0.3, -0.25) is 4.79 Å². The molecule has 0 aliphatic heterocycles. The number of alkyl halides is 3. The molecular weight excluding hydrogens is 437 g/mol. The third-order valence-corrected chi connectivity index (χ3v) is 6.09. The highest BCUT2D eigenvalue weighted by Crippen LogP contribution is 2.30. The summed E-state index contributed by atoms with van der Waals surface area (Å²) in [5.41, 5.74) is 0.195. The molecule has 1 amide bonds. The van der Waals surface area contributed by atoms with E-state index in [-0.39, 0.29) is 34.4 Å². The molecule has 1 fully saturated rings. The Morgan fingerprint density at radius 3 is 2.45 bits per heavy atom. The monoisotopic (exact) mass is 458 g/mol. The Morgan fingerprint density at radius 2 is 1.84 bits per heavy atom. The second-order valence-corrected chi connectivity index (χ2v) is 8.76. The summed E-state index contributed by atoms with van der Waals surface area (Å²) in [6.45, 7) is -0.181. The van der Waals surface area contributed by atoms with E-state index >= 15 is 0 Å². The fourth-order valence-corrected chi connectivity index (χ4v) is 4.41. The molecule has 1 N–H and O–H groups in total. The molecule has 0 atom stereocenters. The molecule has 0 saturated heterocycles. The Balaban J connectivity index is 1.84. The number of sulfonamides is 1. The van der Waals surface area contributed by atoms with E-state index in [1.807, 2.05) is 0 Å². The molecule has 3 rings (SSSR count). The first kappa shape index (κ1) is 22.9. The second-order valence-electron chi connectivity index (χ2n) is 7.08. The van der Waals surface area contributed by atoms with Crippen LogP contribution in [-0.2, 0) is 16.6 Å². The molecular formula is C20H21F3N2O5S. The van der Waals surface area contributed by atoms with Crippen LogP contribution in [0.5, 0.6) is 11.5 Å². The quantitative estimate of drug-likeness (QED) is 0.656. The number of hydrogen-bond donors (Lipinski definition) is 1. The minimum Gasteiger partial charge on any atom is -0.495 e. The summed E-state index contributed by atoms with van der Waals surface area (Å²) in [5, 5.41) is 0. The molecule has 11 heteroatoms. The Labute approximate surface area is 177 Å². The van der Waals surface area contributed by atoms with Crippen molar-refractivity contribution in [3.05, 3.63) is 53.6 Å². The van der Waals surface area contributed by atoms with Crippen molar-refractivity contribution >= 4 is 15.9 Å². The molecule has 1 saturated carbocycles. The Hall–Kier alpha value is -2.79. The number of hydrogen-bond acceptors (Lipinski definition) is 5. The highest BCUT2D eigenvalue weighted by atomic mass is 32.2. The van der Waals surface area contributed by atoms with Gasteiger partial charge in [0.05, 0.1) is 7.11 Å². The number of carbonyl (C=O) groups excluding carboxylic acids is 1. The molecule has 0 heterocycles. The van der Waals surface area contributed by atoms with Gasteiger partial charge in [-0.15, -0.1) is 13.2 Å². The van der Waals surface area contributed by atoms with Crippen molar-refractivity contribution in [2.75, 3.05) is 14.2 Å². The molecule has 0 aromatic heterocycles. The average Bonchev–Trinajstić information content (AvgIpc) is 3.50. The minimum atomic E-state index is -4.87. The summed E-state index contributed by atoms with van der Waals surface area (Å²) in [5.74, 6) is -0.912. The summed E-state index contributed by atoms with van der Waals surface area (Å²) in [4.78, 5) is 13.9. The molecule has 168 valence electrons. The van der Waals surface area contributed by atoms with Crippen LogP contribution in [0.15, 0.2) is 47.4 Å². The lowest BCUT2D eigenvalue weighted by molar-refractivity contribution is -0.275. The predicted octanol–water partition coefficient (Wildman–Crippen LogP) is 3.31. The van der Waals surface area contributed by atoms with Crippen LogP contribution in [0.2, 0.25) is 0 Å². The Bertz CT molecular complexity index is 1070. The van der Waals surface area contributed by atoms with Crippen molar-refractivity contribution in [2.24, 2.45) is 0 Å². The smallest absolute Gasteiger partial charge is 0.495 e. The third-order valence-electron chi connectivity index (χ3n) is 4.55. The van der Waals surface area contributed by atoms with Gasteiger partial charge < -0.3 is 14.4 Å². The van der Waals surface area contributed by atoms with Crippen molar-refractivity contribution in [2.45, 2.75) is 36.7 Å². The van der Waals surface area contributed by atoms with Crippen LogP contribution in [0.4, 0.5) is 13.2 Å². The van der Waals surface area contributed by atoms with Crippen LogP contribution < -0.4 is 14.2 Å². The zero-order valence-corrected chi connectivity index (χ0v) is 17.6. The third kappa shape index (κ3) is 5.88. The standard InChI is InChI=1S/C20H21F3N2O5S/c1-25(12-14-5-3-4-6-16(14)30-20(21,22)23)19(26)13-7-10-17(29-2)18(11-13)31(27,28)24-15-8-9-15/h3-7,10-11,15,24H,8-9,12H2,1-2H3. The lowest BCUT2D eigenvalue weighted by Crippen LogP contribution is -2.29. The lowest BCUT2D eigenvalue weighted by atomic mass is 10.1. The number of halogens is 3. The molecule has 2 aromatic carbocycles. The van der Waals surface area contributed by atoms with Crippen LogP contribution in [0.3, 0.4) is 0 Å². The first-order chi connectivity index (χ1) is 14.5. The molecule has 2 aromatic rings. The van der Waals surface area contributed by atoms with Gasteiger partial charge in [0.25, 0.3) is 5.91 Å². The summed E-state index contributed by atoms with van der Waals surface area (Å²) >= 11 is 0. The van der Waals surface area contributed by atoms with E-state index < -0.39 is 28.0 Å². The van der Waals surface area contributed by atoms with E-state index in [2.05, 4.69) is 9.46 Å². The molecule has 0 radical (unpaired) electrons. The van der Waals surface area contributed by atoms with Crippen LogP contribution >= 0.6 is 0 Å².